The van der Waals surface area contributed by atoms with Gasteiger partial charge in [-0.25, -0.2) is 0 Å². The van der Waals surface area contributed by atoms with Crippen molar-refractivity contribution in [2.75, 3.05) is 6.61 Å². The van der Waals surface area contributed by atoms with Gasteiger partial charge in [0.2, 0.25) is 0 Å². The van der Waals surface area contributed by atoms with E-state index in [0.717, 1.165) is 5.75 Å². The van der Waals surface area contributed by atoms with Crippen LogP contribution in [0.5, 0.6) is 5.75 Å². The van der Waals surface area contributed by atoms with Gasteiger partial charge in [-0.15, -0.1) is 0 Å². The second-order valence-electron chi connectivity index (χ2n) is 5.34. The van der Waals surface area contributed by atoms with Gasteiger partial charge in [0.25, 0.3) is 0 Å². The first-order chi connectivity index (χ1) is 10.6. The van der Waals surface area contributed by atoms with Crippen molar-refractivity contribution in [3.63, 3.8) is 0 Å². The van der Waals surface area contributed by atoms with E-state index in [4.69, 9.17) is 4.74 Å². The molecule has 0 spiro atoms. The summed E-state index contributed by atoms with van der Waals surface area (Å²) in [6.45, 7) is 6.53. The van der Waals surface area contributed by atoms with Crippen LogP contribution in [0.4, 0.5) is 0 Å². The molecule has 22 heavy (non-hydrogen) atoms. The third-order valence-electron chi connectivity index (χ3n) is 3.64. The van der Waals surface area contributed by atoms with Crippen molar-refractivity contribution in [3.8, 4) is 5.75 Å². The van der Waals surface area contributed by atoms with Crippen LogP contribution in [0.15, 0.2) is 54.6 Å². The van der Waals surface area contributed by atoms with E-state index in [0.29, 0.717) is 12.2 Å². The molecule has 0 heterocycles. The van der Waals surface area contributed by atoms with E-state index in [9.17, 15) is 4.79 Å². The summed E-state index contributed by atoms with van der Waals surface area (Å²) in [4.78, 5) is 12.5. The molecule has 2 unspecified atom stereocenters. The van der Waals surface area contributed by atoms with E-state index in [1.54, 1.807) is 0 Å². The highest BCUT2D eigenvalue weighted by Crippen LogP contribution is 2.16. The van der Waals surface area contributed by atoms with E-state index >= 15 is 0 Å². The molecule has 2 atom stereocenters. The van der Waals surface area contributed by atoms with Crippen LogP contribution < -0.4 is 10.1 Å². The molecule has 0 aromatic heterocycles. The van der Waals surface area contributed by atoms with Crippen LogP contribution in [0.25, 0.3) is 0 Å². The minimum atomic E-state index is -0.242. The third kappa shape index (κ3) is 4.18. The van der Waals surface area contributed by atoms with Crippen LogP contribution in [0.3, 0.4) is 0 Å². The van der Waals surface area contributed by atoms with E-state index in [2.05, 4.69) is 24.4 Å². The zero-order valence-electron chi connectivity index (χ0n) is 13.4. The Morgan fingerprint density at radius 2 is 1.68 bits per heavy atom. The Balaban J connectivity index is 1.99. The van der Waals surface area contributed by atoms with Gasteiger partial charge in [-0.2, -0.15) is 0 Å². The molecule has 3 nitrogen and oxygen atoms in total. The summed E-state index contributed by atoms with van der Waals surface area (Å²) in [6.07, 6.45) is 0. The Morgan fingerprint density at radius 1 is 1.05 bits per heavy atom. The minimum absolute atomic E-state index is 0.0887. The lowest BCUT2D eigenvalue weighted by molar-refractivity contribution is 0.0945. The Morgan fingerprint density at radius 3 is 2.27 bits per heavy atom. The first-order valence-corrected chi connectivity index (χ1v) is 7.70. The number of carbonyl (C=O) groups is 1. The van der Waals surface area contributed by atoms with Crippen molar-refractivity contribution < 1.29 is 9.53 Å². The first-order valence-electron chi connectivity index (χ1n) is 7.70. The molecule has 0 aliphatic heterocycles. The quantitative estimate of drug-likeness (QED) is 0.785. The average Bonchev–Trinajstić information content (AvgIpc) is 2.56. The predicted molar refractivity (Wildman–Crippen MR) is 89.4 cm³/mol. The molecule has 0 bridgehead atoms. The molecule has 0 saturated carbocycles. The van der Waals surface area contributed by atoms with Crippen LogP contribution >= 0.6 is 0 Å². The van der Waals surface area contributed by atoms with Crippen LogP contribution in [0, 0.1) is 0 Å². The Labute approximate surface area is 132 Å². The van der Waals surface area contributed by atoms with Crippen molar-refractivity contribution in [2.45, 2.75) is 32.9 Å². The first kappa shape index (κ1) is 16.2. The third-order valence-corrected chi connectivity index (χ3v) is 3.64. The number of benzene rings is 2. The molecule has 0 fully saturated rings. The smallest absolute Gasteiger partial charge is 0.179 e. The minimum Gasteiger partial charge on any atom is -0.494 e. The molecule has 116 valence electrons. The van der Waals surface area contributed by atoms with Gasteiger partial charge in [-0.3, -0.25) is 4.79 Å². The number of ether oxygens (including phenoxy) is 1. The van der Waals surface area contributed by atoms with Crippen molar-refractivity contribution in [1.29, 1.82) is 0 Å². The van der Waals surface area contributed by atoms with E-state index in [1.807, 2.05) is 56.3 Å². The molecule has 3 heteroatoms. The number of ketones is 1. The molecule has 2 aromatic rings. The van der Waals surface area contributed by atoms with Gasteiger partial charge in [0.1, 0.15) is 5.75 Å². The second kappa shape index (κ2) is 7.76. The zero-order valence-corrected chi connectivity index (χ0v) is 13.4. The maximum Gasteiger partial charge on any atom is 0.179 e. The predicted octanol–water partition coefficient (Wildman–Crippen LogP) is 4.01. The van der Waals surface area contributed by atoms with Gasteiger partial charge in [-0.05, 0) is 50.6 Å². The fourth-order valence-corrected chi connectivity index (χ4v) is 2.42. The molecule has 0 amide bonds. The molecule has 2 aromatic carbocycles. The molecule has 0 aliphatic rings. The highest BCUT2D eigenvalue weighted by Gasteiger charge is 2.17. The zero-order chi connectivity index (χ0) is 15.9. The van der Waals surface area contributed by atoms with Crippen LogP contribution in [-0.2, 0) is 0 Å². The molecule has 2 rings (SSSR count). The largest absolute Gasteiger partial charge is 0.494 e. The standard InChI is InChI=1S/C19H23NO2/c1-4-22-18-12-10-17(11-13-18)19(21)15(3)20-14(2)16-8-6-5-7-9-16/h5-15,20H,4H2,1-3H3. The number of carbonyl (C=O) groups excluding carboxylic acids is 1. The lowest BCUT2D eigenvalue weighted by Crippen LogP contribution is -2.35. The van der Waals surface area contributed by atoms with E-state index in [-0.39, 0.29) is 17.9 Å². The van der Waals surface area contributed by atoms with E-state index < -0.39 is 0 Å². The highest BCUT2D eigenvalue weighted by atomic mass is 16.5. The molecule has 0 aliphatic carbocycles. The lowest BCUT2D eigenvalue weighted by Gasteiger charge is -2.19. The lowest BCUT2D eigenvalue weighted by atomic mass is 10.0. The van der Waals surface area contributed by atoms with Gasteiger partial charge < -0.3 is 10.1 Å². The van der Waals surface area contributed by atoms with Crippen molar-refractivity contribution in [1.82, 2.24) is 5.32 Å². The summed E-state index contributed by atoms with van der Waals surface area (Å²) in [5, 5.41) is 3.35. The van der Waals surface area contributed by atoms with Gasteiger partial charge in [0.05, 0.1) is 12.6 Å². The van der Waals surface area contributed by atoms with Crippen LogP contribution in [0.1, 0.15) is 42.7 Å². The van der Waals surface area contributed by atoms with Gasteiger partial charge in [-0.1, -0.05) is 30.3 Å². The van der Waals surface area contributed by atoms with Crippen LogP contribution in [-0.4, -0.2) is 18.4 Å². The summed E-state index contributed by atoms with van der Waals surface area (Å²) < 4.78 is 5.40. The molecule has 1 N–H and O–H groups in total. The maximum absolute atomic E-state index is 12.5. The molecular weight excluding hydrogens is 274 g/mol. The Hall–Kier alpha value is -2.13. The maximum atomic E-state index is 12.5. The highest BCUT2D eigenvalue weighted by molar-refractivity contribution is 5.99. The number of rotatable bonds is 7. The number of hydrogen-bond acceptors (Lipinski definition) is 3. The normalized spacial score (nSPS) is 13.4. The van der Waals surface area contributed by atoms with Gasteiger partial charge in [0, 0.05) is 11.6 Å². The molecule has 0 radical (unpaired) electrons. The van der Waals surface area contributed by atoms with Gasteiger partial charge >= 0.3 is 0 Å². The van der Waals surface area contributed by atoms with Crippen molar-refractivity contribution in [2.24, 2.45) is 0 Å². The molecular formula is C19H23NO2. The Kier molecular flexibility index (Phi) is 5.73. The second-order valence-corrected chi connectivity index (χ2v) is 5.34. The fourth-order valence-electron chi connectivity index (χ4n) is 2.42. The summed E-state index contributed by atoms with van der Waals surface area (Å²) in [5.41, 5.74) is 1.87. The SMILES string of the molecule is CCOc1ccc(C(=O)C(C)NC(C)c2ccccc2)cc1. The molecule has 0 saturated heterocycles. The summed E-state index contributed by atoms with van der Waals surface area (Å²) in [7, 11) is 0. The average molecular weight is 297 g/mol. The summed E-state index contributed by atoms with van der Waals surface area (Å²) in [6, 6.07) is 17.3. The number of hydrogen-bond donors (Lipinski definition) is 1. The number of Topliss-reactive ketones (excluding diaryl/α,β-unsaturated/α-hetero) is 1. The van der Waals surface area contributed by atoms with Gasteiger partial charge in [0.15, 0.2) is 5.78 Å². The summed E-state index contributed by atoms with van der Waals surface area (Å²) in [5.74, 6) is 0.878. The fraction of sp³-hybridized carbons (Fsp3) is 0.316. The topological polar surface area (TPSA) is 38.3 Å². The van der Waals surface area contributed by atoms with Crippen molar-refractivity contribution in [3.05, 3.63) is 65.7 Å². The Bertz CT molecular complexity index is 593. The summed E-state index contributed by atoms with van der Waals surface area (Å²) >= 11 is 0. The monoisotopic (exact) mass is 297 g/mol. The van der Waals surface area contributed by atoms with Crippen LogP contribution in [0.2, 0.25) is 0 Å². The van der Waals surface area contributed by atoms with Crippen molar-refractivity contribution >= 4 is 5.78 Å². The van der Waals surface area contributed by atoms with E-state index in [1.165, 1.54) is 5.56 Å². The number of nitrogens with one attached hydrogen (secondary N) is 1.